The third-order valence-electron chi connectivity index (χ3n) is 6.30. The molecule has 0 aliphatic carbocycles. The monoisotopic (exact) mass is 458 g/mol. The highest BCUT2D eigenvalue weighted by Gasteiger charge is 2.29. The van der Waals surface area contributed by atoms with Crippen molar-refractivity contribution in [2.75, 3.05) is 24.5 Å². The fourth-order valence-corrected chi connectivity index (χ4v) is 4.54. The van der Waals surface area contributed by atoms with E-state index in [9.17, 15) is 13.6 Å². The molecule has 1 aliphatic heterocycles. The minimum absolute atomic E-state index is 0.0148. The zero-order valence-electron chi connectivity index (χ0n) is 18.8. The van der Waals surface area contributed by atoms with Crippen LogP contribution in [0.2, 0.25) is 0 Å². The van der Waals surface area contributed by atoms with Gasteiger partial charge in [0.15, 0.2) is 5.82 Å². The van der Waals surface area contributed by atoms with E-state index in [1.54, 1.807) is 24.3 Å². The minimum atomic E-state index is -0.308. The number of fused-ring (bicyclic) bond motifs is 1. The summed E-state index contributed by atoms with van der Waals surface area (Å²) in [7, 11) is 0. The molecule has 0 bridgehead atoms. The number of halogens is 2. The summed E-state index contributed by atoms with van der Waals surface area (Å²) < 4.78 is 26.6. The van der Waals surface area contributed by atoms with Gasteiger partial charge < -0.3 is 9.80 Å². The molecule has 34 heavy (non-hydrogen) atoms. The molecule has 1 aromatic heterocycles. The summed E-state index contributed by atoms with van der Waals surface area (Å²) in [4.78, 5) is 16.9. The molecule has 5 nitrogen and oxygen atoms in total. The molecule has 1 aliphatic rings. The van der Waals surface area contributed by atoms with Gasteiger partial charge in [0.2, 0.25) is 5.91 Å². The number of anilines is 1. The highest BCUT2D eigenvalue weighted by Crippen LogP contribution is 2.32. The standard InChI is InChI=1S/C27H24F2N4O/c1-18-17-32(14-15-33(18)25(34)16-19-6-10-21(28)11-7-19)27-24-5-3-2-4-23(24)26(30-31-27)20-8-12-22(29)13-9-20/h2-13,18H,14-17H2,1H3/t18-/m0/s1. The average molecular weight is 459 g/mol. The van der Waals surface area contributed by atoms with Gasteiger partial charge >= 0.3 is 0 Å². The van der Waals surface area contributed by atoms with Crippen LogP contribution in [0.3, 0.4) is 0 Å². The Labute approximate surface area is 196 Å². The summed E-state index contributed by atoms with van der Waals surface area (Å²) in [5.41, 5.74) is 2.32. The van der Waals surface area contributed by atoms with Crippen LogP contribution in [-0.2, 0) is 11.2 Å². The molecule has 1 fully saturated rings. The van der Waals surface area contributed by atoms with Crippen LogP contribution in [0.1, 0.15) is 12.5 Å². The Balaban J connectivity index is 1.37. The molecular formula is C27H24F2N4O. The molecule has 0 unspecified atom stereocenters. The van der Waals surface area contributed by atoms with Crippen molar-refractivity contribution in [3.63, 3.8) is 0 Å². The van der Waals surface area contributed by atoms with Crippen LogP contribution in [0.25, 0.3) is 22.0 Å². The fraction of sp³-hybridized carbons (Fsp3) is 0.222. The van der Waals surface area contributed by atoms with Crippen LogP contribution in [0.5, 0.6) is 0 Å². The molecule has 2 heterocycles. The van der Waals surface area contributed by atoms with Crippen LogP contribution in [0, 0.1) is 11.6 Å². The van der Waals surface area contributed by atoms with Gasteiger partial charge in [0, 0.05) is 42.0 Å². The normalized spacial score (nSPS) is 16.1. The number of hydrogen-bond acceptors (Lipinski definition) is 4. The van der Waals surface area contributed by atoms with Gasteiger partial charge in [0.25, 0.3) is 0 Å². The van der Waals surface area contributed by atoms with E-state index in [0.29, 0.717) is 25.3 Å². The lowest BCUT2D eigenvalue weighted by atomic mass is 10.0. The van der Waals surface area contributed by atoms with Crippen molar-refractivity contribution in [3.05, 3.63) is 90.0 Å². The van der Waals surface area contributed by atoms with Crippen molar-refractivity contribution in [2.24, 2.45) is 0 Å². The van der Waals surface area contributed by atoms with Gasteiger partial charge in [-0.2, -0.15) is 0 Å². The number of carbonyl (C=O) groups is 1. The first-order valence-corrected chi connectivity index (χ1v) is 11.3. The van der Waals surface area contributed by atoms with Gasteiger partial charge in [0.05, 0.1) is 6.42 Å². The third-order valence-corrected chi connectivity index (χ3v) is 6.30. The van der Waals surface area contributed by atoms with E-state index in [1.807, 2.05) is 36.1 Å². The van der Waals surface area contributed by atoms with E-state index < -0.39 is 0 Å². The Morgan fingerprint density at radius 3 is 2.21 bits per heavy atom. The molecule has 0 spiro atoms. The maximum Gasteiger partial charge on any atom is 0.227 e. The number of amides is 1. The number of nitrogens with zero attached hydrogens (tertiary/aromatic N) is 4. The van der Waals surface area contributed by atoms with Crippen molar-refractivity contribution in [3.8, 4) is 11.3 Å². The van der Waals surface area contributed by atoms with Gasteiger partial charge in [0.1, 0.15) is 17.3 Å². The van der Waals surface area contributed by atoms with E-state index in [1.165, 1.54) is 24.3 Å². The average Bonchev–Trinajstić information content (AvgIpc) is 2.85. The van der Waals surface area contributed by atoms with E-state index in [-0.39, 0.29) is 30.0 Å². The van der Waals surface area contributed by atoms with Gasteiger partial charge in [-0.15, -0.1) is 10.2 Å². The molecule has 0 N–H and O–H groups in total. The minimum Gasteiger partial charge on any atom is -0.351 e. The quantitative estimate of drug-likeness (QED) is 0.439. The van der Waals surface area contributed by atoms with Crippen molar-refractivity contribution in [1.82, 2.24) is 15.1 Å². The molecule has 5 rings (SSSR count). The second-order valence-electron chi connectivity index (χ2n) is 8.61. The van der Waals surface area contributed by atoms with E-state index in [2.05, 4.69) is 15.1 Å². The number of rotatable bonds is 4. The predicted molar refractivity (Wildman–Crippen MR) is 128 cm³/mol. The number of aromatic nitrogens is 2. The summed E-state index contributed by atoms with van der Waals surface area (Å²) >= 11 is 0. The molecule has 0 radical (unpaired) electrons. The third kappa shape index (κ3) is 4.33. The zero-order valence-corrected chi connectivity index (χ0v) is 18.8. The first-order valence-electron chi connectivity index (χ1n) is 11.3. The maximum atomic E-state index is 13.4. The van der Waals surface area contributed by atoms with Crippen LogP contribution < -0.4 is 4.90 Å². The molecule has 1 atom stereocenters. The Morgan fingerprint density at radius 2 is 1.53 bits per heavy atom. The second-order valence-corrected chi connectivity index (χ2v) is 8.61. The van der Waals surface area contributed by atoms with Crippen LogP contribution in [0.15, 0.2) is 72.8 Å². The lowest BCUT2D eigenvalue weighted by Crippen LogP contribution is -2.54. The Bertz CT molecular complexity index is 1330. The van der Waals surface area contributed by atoms with Gasteiger partial charge in [-0.25, -0.2) is 8.78 Å². The van der Waals surface area contributed by atoms with Gasteiger partial charge in [-0.1, -0.05) is 36.4 Å². The van der Waals surface area contributed by atoms with E-state index in [4.69, 9.17) is 0 Å². The van der Waals surface area contributed by atoms with Crippen molar-refractivity contribution in [2.45, 2.75) is 19.4 Å². The lowest BCUT2D eigenvalue weighted by molar-refractivity contribution is -0.132. The number of benzene rings is 3. The van der Waals surface area contributed by atoms with Crippen LogP contribution in [0.4, 0.5) is 14.6 Å². The number of hydrogen-bond donors (Lipinski definition) is 0. The van der Waals surface area contributed by atoms with Crippen LogP contribution >= 0.6 is 0 Å². The summed E-state index contributed by atoms with van der Waals surface area (Å²) in [6.45, 7) is 3.85. The molecule has 7 heteroatoms. The van der Waals surface area contributed by atoms with Crippen molar-refractivity contribution in [1.29, 1.82) is 0 Å². The Morgan fingerprint density at radius 1 is 0.882 bits per heavy atom. The largest absolute Gasteiger partial charge is 0.351 e. The first kappa shape index (κ1) is 21.9. The molecular weight excluding hydrogens is 434 g/mol. The Kier molecular flexibility index (Phi) is 5.92. The number of carbonyl (C=O) groups excluding carboxylic acids is 1. The summed E-state index contributed by atoms with van der Waals surface area (Å²) in [5.74, 6) is 0.204. The molecule has 172 valence electrons. The molecule has 3 aromatic carbocycles. The van der Waals surface area contributed by atoms with Crippen LogP contribution in [-0.4, -0.2) is 46.7 Å². The summed E-state index contributed by atoms with van der Waals surface area (Å²) in [6, 6.07) is 20.2. The molecule has 4 aromatic rings. The SMILES string of the molecule is C[C@H]1CN(c2nnc(-c3ccc(F)cc3)c3ccccc23)CCN1C(=O)Cc1ccc(F)cc1. The summed E-state index contributed by atoms with van der Waals surface area (Å²) in [6.07, 6.45) is 0.250. The van der Waals surface area contributed by atoms with E-state index in [0.717, 1.165) is 27.7 Å². The molecule has 1 amide bonds. The van der Waals surface area contributed by atoms with Gasteiger partial charge in [-0.3, -0.25) is 4.79 Å². The van der Waals surface area contributed by atoms with E-state index >= 15 is 0 Å². The molecule has 1 saturated heterocycles. The van der Waals surface area contributed by atoms with Crippen molar-refractivity contribution >= 4 is 22.5 Å². The predicted octanol–water partition coefficient (Wildman–Crippen LogP) is 4.85. The highest BCUT2D eigenvalue weighted by atomic mass is 19.1. The highest BCUT2D eigenvalue weighted by molar-refractivity contribution is 6.00. The summed E-state index contributed by atoms with van der Waals surface area (Å²) in [5, 5.41) is 11.0. The number of piperazine rings is 1. The fourth-order valence-electron chi connectivity index (χ4n) is 4.54. The van der Waals surface area contributed by atoms with Gasteiger partial charge in [-0.05, 0) is 48.9 Å². The second kappa shape index (κ2) is 9.17. The zero-order chi connectivity index (χ0) is 23.7. The maximum absolute atomic E-state index is 13.4. The smallest absolute Gasteiger partial charge is 0.227 e. The topological polar surface area (TPSA) is 49.3 Å². The molecule has 0 saturated carbocycles. The Hall–Kier alpha value is -3.87. The first-order chi connectivity index (χ1) is 16.5. The van der Waals surface area contributed by atoms with Crippen molar-refractivity contribution < 1.29 is 13.6 Å². The lowest BCUT2D eigenvalue weighted by Gasteiger charge is -2.40.